The Balaban J connectivity index is 3.04. The number of unbranched alkanes of at least 4 members (excludes halogenated alkanes) is 2. The number of nitrogens with zero attached hydrogens (tertiary/aromatic N) is 2. The van der Waals surface area contributed by atoms with Crippen LogP contribution in [0.3, 0.4) is 0 Å². The molecule has 0 N–H and O–H groups in total. The van der Waals surface area contributed by atoms with Gasteiger partial charge in [-0.15, -0.1) is 0 Å². The van der Waals surface area contributed by atoms with E-state index in [0.29, 0.717) is 0 Å². The predicted molar refractivity (Wildman–Crippen MR) is 103 cm³/mol. The quantitative estimate of drug-likeness (QED) is 0.346. The Morgan fingerprint density at radius 2 is 1.84 bits per heavy atom. The molecule has 0 saturated heterocycles. The Kier molecular flexibility index (Phi) is 9.39. The second-order valence-corrected chi connectivity index (χ2v) is 6.13. The normalized spacial score (nSPS) is 11.1. The molecule has 0 atom stereocenters. The summed E-state index contributed by atoms with van der Waals surface area (Å²) in [6.45, 7) is 10.5. The van der Waals surface area contributed by atoms with Crippen molar-refractivity contribution in [1.29, 1.82) is 5.26 Å². The topological polar surface area (TPSA) is 53.3 Å². The maximum Gasteiger partial charge on any atom is 0.348 e. The number of ether oxygens (including phenoxy) is 1. The van der Waals surface area contributed by atoms with E-state index in [4.69, 9.17) is 4.74 Å². The maximum atomic E-state index is 11.8. The molecule has 0 aliphatic heterocycles. The molecule has 0 aromatic heterocycles. The van der Waals surface area contributed by atoms with Gasteiger partial charge in [0.15, 0.2) is 0 Å². The van der Waals surface area contributed by atoms with Crippen LogP contribution in [0, 0.1) is 18.3 Å². The minimum atomic E-state index is -0.569. The fourth-order valence-corrected chi connectivity index (χ4v) is 2.59. The summed E-state index contributed by atoms with van der Waals surface area (Å²) < 4.78 is 4.92. The van der Waals surface area contributed by atoms with Gasteiger partial charge < -0.3 is 9.64 Å². The van der Waals surface area contributed by atoms with Crippen LogP contribution in [0.2, 0.25) is 0 Å². The molecule has 0 unspecified atom stereocenters. The van der Waals surface area contributed by atoms with E-state index in [1.54, 1.807) is 13.0 Å². The minimum Gasteiger partial charge on any atom is -0.462 e. The number of hydrogen-bond donors (Lipinski definition) is 0. The zero-order valence-electron chi connectivity index (χ0n) is 16.0. The van der Waals surface area contributed by atoms with Crippen molar-refractivity contribution in [2.24, 2.45) is 0 Å². The first-order chi connectivity index (χ1) is 12.1. The monoisotopic (exact) mass is 342 g/mol. The van der Waals surface area contributed by atoms with E-state index < -0.39 is 5.97 Å². The number of nitriles is 1. The third-order valence-corrected chi connectivity index (χ3v) is 4.10. The van der Waals surface area contributed by atoms with Crippen LogP contribution in [0.4, 0.5) is 5.69 Å². The van der Waals surface area contributed by atoms with Crippen molar-refractivity contribution in [2.75, 3.05) is 24.6 Å². The number of aryl methyl sites for hydroxylation is 1. The number of hydrogen-bond acceptors (Lipinski definition) is 4. The molecule has 1 aromatic carbocycles. The molecule has 0 radical (unpaired) electrons. The van der Waals surface area contributed by atoms with Gasteiger partial charge in [-0.3, -0.25) is 0 Å². The lowest BCUT2D eigenvalue weighted by molar-refractivity contribution is -0.137. The van der Waals surface area contributed by atoms with Crippen LogP contribution in [0.5, 0.6) is 0 Å². The smallest absolute Gasteiger partial charge is 0.348 e. The highest BCUT2D eigenvalue weighted by atomic mass is 16.5. The molecule has 0 spiro atoms. The molecule has 0 aliphatic carbocycles. The van der Waals surface area contributed by atoms with Crippen molar-refractivity contribution in [1.82, 2.24) is 0 Å². The summed E-state index contributed by atoms with van der Waals surface area (Å²) in [5.74, 6) is -0.569. The van der Waals surface area contributed by atoms with Crippen molar-refractivity contribution in [3.63, 3.8) is 0 Å². The number of carbonyl (C=O) groups excluding carboxylic acids is 1. The van der Waals surface area contributed by atoms with Gasteiger partial charge in [-0.25, -0.2) is 4.79 Å². The van der Waals surface area contributed by atoms with Gasteiger partial charge in [0.2, 0.25) is 0 Å². The first-order valence-corrected chi connectivity index (χ1v) is 9.21. The summed E-state index contributed by atoms with van der Waals surface area (Å²) in [5, 5.41) is 9.18. The zero-order chi connectivity index (χ0) is 18.7. The number of rotatable bonds is 10. The average molecular weight is 342 g/mol. The van der Waals surface area contributed by atoms with E-state index in [-0.39, 0.29) is 12.2 Å². The van der Waals surface area contributed by atoms with Crippen LogP contribution >= 0.6 is 0 Å². The summed E-state index contributed by atoms with van der Waals surface area (Å²) in [7, 11) is 0. The lowest BCUT2D eigenvalue weighted by Gasteiger charge is -2.25. The maximum absolute atomic E-state index is 11.8. The third-order valence-electron chi connectivity index (χ3n) is 4.10. The molecule has 1 aromatic rings. The van der Waals surface area contributed by atoms with Gasteiger partial charge in [0, 0.05) is 18.8 Å². The molecule has 4 heteroatoms. The van der Waals surface area contributed by atoms with E-state index >= 15 is 0 Å². The fraction of sp³-hybridized carbons (Fsp3) is 0.524. The molecule has 0 saturated carbocycles. The first-order valence-electron chi connectivity index (χ1n) is 9.21. The highest BCUT2D eigenvalue weighted by Crippen LogP contribution is 2.22. The highest BCUT2D eigenvalue weighted by molar-refractivity contribution is 5.98. The van der Waals surface area contributed by atoms with Crippen molar-refractivity contribution in [2.45, 2.75) is 53.4 Å². The summed E-state index contributed by atoms with van der Waals surface area (Å²) in [4.78, 5) is 14.2. The van der Waals surface area contributed by atoms with Gasteiger partial charge >= 0.3 is 5.97 Å². The predicted octanol–water partition coefficient (Wildman–Crippen LogP) is 4.87. The third kappa shape index (κ3) is 6.62. The van der Waals surface area contributed by atoms with Crippen LogP contribution in [0.1, 0.15) is 57.6 Å². The summed E-state index contributed by atoms with van der Waals surface area (Å²) in [5.41, 5.74) is 3.16. The molecular formula is C21H30N2O2. The van der Waals surface area contributed by atoms with E-state index in [2.05, 4.69) is 30.9 Å². The Morgan fingerprint density at radius 3 is 2.32 bits per heavy atom. The molecular weight excluding hydrogens is 312 g/mol. The zero-order valence-corrected chi connectivity index (χ0v) is 16.0. The van der Waals surface area contributed by atoms with Crippen LogP contribution in [0.25, 0.3) is 6.08 Å². The second kappa shape index (κ2) is 11.3. The SMILES string of the molecule is CCCCN(CCCC)c1ccc(/C=C(\C#N)C(=O)OCC)c(C)c1. The Bertz CT molecular complexity index is 621. The van der Waals surface area contributed by atoms with Crippen LogP contribution < -0.4 is 4.90 Å². The van der Waals surface area contributed by atoms with Crippen LogP contribution in [-0.2, 0) is 9.53 Å². The molecule has 0 fully saturated rings. The Hall–Kier alpha value is -2.28. The van der Waals surface area contributed by atoms with Gasteiger partial charge in [0.25, 0.3) is 0 Å². The van der Waals surface area contributed by atoms with Gasteiger partial charge in [-0.05, 0) is 56.0 Å². The molecule has 1 rings (SSSR count). The van der Waals surface area contributed by atoms with E-state index in [1.165, 1.54) is 31.4 Å². The largest absolute Gasteiger partial charge is 0.462 e. The minimum absolute atomic E-state index is 0.0338. The van der Waals surface area contributed by atoms with Gasteiger partial charge in [0.05, 0.1) is 6.61 Å². The summed E-state index contributed by atoms with van der Waals surface area (Å²) >= 11 is 0. The second-order valence-electron chi connectivity index (χ2n) is 6.13. The van der Waals surface area contributed by atoms with Gasteiger partial charge in [-0.1, -0.05) is 32.8 Å². The van der Waals surface area contributed by atoms with Crippen molar-refractivity contribution >= 4 is 17.7 Å². The van der Waals surface area contributed by atoms with Gasteiger partial charge in [-0.2, -0.15) is 5.26 Å². The number of carbonyl (C=O) groups is 1. The summed E-state index contributed by atoms with van der Waals surface area (Å²) in [6, 6.07) is 8.12. The van der Waals surface area contributed by atoms with Crippen LogP contribution in [0.15, 0.2) is 23.8 Å². The Morgan fingerprint density at radius 1 is 1.20 bits per heavy atom. The van der Waals surface area contributed by atoms with E-state index in [1.807, 2.05) is 19.1 Å². The highest BCUT2D eigenvalue weighted by Gasteiger charge is 2.12. The standard InChI is InChI=1S/C21H30N2O2/c1-5-8-12-23(13-9-6-2)20-11-10-18(17(4)14-20)15-19(16-22)21(24)25-7-3/h10-11,14-15H,5-9,12-13H2,1-4H3/b19-15+. The molecule has 25 heavy (non-hydrogen) atoms. The number of esters is 1. The van der Waals surface area contributed by atoms with Crippen LogP contribution in [-0.4, -0.2) is 25.7 Å². The van der Waals surface area contributed by atoms with Crippen molar-refractivity contribution < 1.29 is 9.53 Å². The van der Waals surface area contributed by atoms with Crippen molar-refractivity contribution in [3.8, 4) is 6.07 Å². The lowest BCUT2D eigenvalue weighted by Crippen LogP contribution is -2.25. The number of anilines is 1. The van der Waals surface area contributed by atoms with E-state index in [0.717, 1.165) is 24.2 Å². The fourth-order valence-electron chi connectivity index (χ4n) is 2.59. The molecule has 0 aliphatic rings. The first kappa shape index (κ1) is 20.8. The molecule has 4 nitrogen and oxygen atoms in total. The van der Waals surface area contributed by atoms with Crippen molar-refractivity contribution in [3.05, 3.63) is 34.9 Å². The average Bonchev–Trinajstić information content (AvgIpc) is 2.61. The molecule has 0 heterocycles. The molecule has 136 valence electrons. The van der Waals surface area contributed by atoms with Gasteiger partial charge in [0.1, 0.15) is 11.6 Å². The summed E-state index contributed by atoms with van der Waals surface area (Å²) in [6.07, 6.45) is 6.30. The lowest BCUT2D eigenvalue weighted by atomic mass is 10.0. The number of benzene rings is 1. The molecule has 0 bridgehead atoms. The Labute approximate surface area is 152 Å². The van der Waals surface area contributed by atoms with E-state index in [9.17, 15) is 10.1 Å². The molecule has 0 amide bonds.